The van der Waals surface area contributed by atoms with Crippen LogP contribution in [-0.4, -0.2) is 35.0 Å². The van der Waals surface area contributed by atoms with Gasteiger partial charge < -0.3 is 14.7 Å². The van der Waals surface area contributed by atoms with Gasteiger partial charge in [0.2, 0.25) is 5.91 Å². The first-order valence-corrected chi connectivity index (χ1v) is 8.81. The molecule has 0 radical (unpaired) electrons. The van der Waals surface area contributed by atoms with Crippen molar-refractivity contribution in [3.8, 4) is 0 Å². The molecule has 0 spiro atoms. The van der Waals surface area contributed by atoms with E-state index in [-0.39, 0.29) is 30.0 Å². The van der Waals surface area contributed by atoms with Gasteiger partial charge in [-0.2, -0.15) is 0 Å². The van der Waals surface area contributed by atoms with E-state index >= 15 is 0 Å². The second-order valence-corrected chi connectivity index (χ2v) is 6.58. The maximum absolute atomic E-state index is 12.8. The van der Waals surface area contributed by atoms with Crippen molar-refractivity contribution in [1.29, 1.82) is 0 Å². The Morgan fingerprint density at radius 1 is 1.21 bits per heavy atom. The number of nitro groups is 1. The number of carbonyl (C=O) groups is 3. The minimum Gasteiger partial charge on any atom is -0.481 e. The second-order valence-electron chi connectivity index (χ2n) is 6.58. The van der Waals surface area contributed by atoms with Gasteiger partial charge in [-0.3, -0.25) is 19.7 Å². The number of aliphatic carboxylic acids is 1. The fourth-order valence-electron chi connectivity index (χ4n) is 3.53. The van der Waals surface area contributed by atoms with E-state index in [1.54, 1.807) is 12.1 Å². The number of piperidine rings is 1. The Labute approximate surface area is 165 Å². The summed E-state index contributed by atoms with van der Waals surface area (Å²) in [6.07, 6.45) is 0.173. The van der Waals surface area contributed by atoms with E-state index in [0.29, 0.717) is 11.3 Å². The molecular weight excluding hydrogens is 380 g/mol. The highest BCUT2D eigenvalue weighted by Crippen LogP contribution is 2.40. The van der Waals surface area contributed by atoms with Gasteiger partial charge in [0.05, 0.1) is 29.6 Å². The Kier molecular flexibility index (Phi) is 5.58. The normalized spacial score (nSPS) is 18.9. The molecule has 2 aromatic carbocycles. The number of carboxylic acids is 1. The monoisotopic (exact) mass is 398 g/mol. The zero-order valence-electron chi connectivity index (χ0n) is 15.5. The number of non-ortho nitro benzene ring substituents is 1. The number of rotatable bonds is 5. The predicted molar refractivity (Wildman–Crippen MR) is 101 cm³/mol. The molecule has 0 bridgehead atoms. The molecule has 2 atom stereocenters. The zero-order chi connectivity index (χ0) is 21.1. The minimum atomic E-state index is -1.07. The molecule has 0 aliphatic carbocycles. The molecule has 1 aliphatic heterocycles. The number of nitro benzene ring substituents is 1. The lowest BCUT2D eigenvalue weighted by atomic mass is 9.83. The van der Waals surface area contributed by atoms with Gasteiger partial charge in [-0.15, -0.1) is 0 Å². The van der Waals surface area contributed by atoms with E-state index in [9.17, 15) is 29.6 Å². The van der Waals surface area contributed by atoms with Gasteiger partial charge in [-0.05, 0) is 30.2 Å². The quantitative estimate of drug-likeness (QED) is 0.466. The molecule has 1 heterocycles. The number of ether oxygens (including phenoxy) is 1. The van der Waals surface area contributed by atoms with Crippen LogP contribution in [0.3, 0.4) is 0 Å². The number of hydrogen-bond donors (Lipinski definition) is 1. The predicted octanol–water partition coefficient (Wildman–Crippen LogP) is 2.95. The number of amides is 1. The molecule has 1 amide bonds. The fourth-order valence-corrected chi connectivity index (χ4v) is 3.53. The van der Waals surface area contributed by atoms with Crippen LogP contribution in [0.15, 0.2) is 48.5 Å². The smallest absolute Gasteiger partial charge is 0.337 e. The van der Waals surface area contributed by atoms with Crippen LogP contribution < -0.4 is 4.90 Å². The highest BCUT2D eigenvalue weighted by Gasteiger charge is 2.41. The van der Waals surface area contributed by atoms with Crippen molar-refractivity contribution in [2.45, 2.75) is 18.9 Å². The molecule has 1 saturated heterocycles. The van der Waals surface area contributed by atoms with Crippen molar-refractivity contribution in [3.63, 3.8) is 0 Å². The SMILES string of the molecule is COC(=O)c1cccc(N2C(=O)CCC(C(=O)O)C2c2ccc([N+](=O)[O-])cc2)c1. The first-order chi connectivity index (χ1) is 13.8. The van der Waals surface area contributed by atoms with Crippen molar-refractivity contribution in [2.75, 3.05) is 12.0 Å². The van der Waals surface area contributed by atoms with Crippen LogP contribution >= 0.6 is 0 Å². The summed E-state index contributed by atoms with van der Waals surface area (Å²) in [6, 6.07) is 10.8. The summed E-state index contributed by atoms with van der Waals surface area (Å²) < 4.78 is 4.71. The lowest BCUT2D eigenvalue weighted by Gasteiger charge is -2.39. The molecule has 0 saturated carbocycles. The first kappa shape index (κ1) is 20.0. The number of esters is 1. The number of carboxylic acid groups (broad SMARTS) is 1. The third-order valence-electron chi connectivity index (χ3n) is 4.91. The molecule has 2 unspecified atom stereocenters. The average molecular weight is 398 g/mol. The third kappa shape index (κ3) is 3.93. The topological polar surface area (TPSA) is 127 Å². The lowest BCUT2D eigenvalue weighted by molar-refractivity contribution is -0.384. The Bertz CT molecular complexity index is 971. The number of nitrogens with zero attached hydrogens (tertiary/aromatic N) is 2. The molecule has 2 aromatic rings. The Morgan fingerprint density at radius 3 is 2.48 bits per heavy atom. The Morgan fingerprint density at radius 2 is 1.90 bits per heavy atom. The fraction of sp³-hybridized carbons (Fsp3) is 0.250. The van der Waals surface area contributed by atoms with E-state index in [2.05, 4.69) is 0 Å². The Balaban J connectivity index is 2.10. The number of benzene rings is 2. The molecule has 0 aromatic heterocycles. The summed E-state index contributed by atoms with van der Waals surface area (Å²) >= 11 is 0. The van der Waals surface area contributed by atoms with Gasteiger partial charge in [-0.25, -0.2) is 4.79 Å². The van der Waals surface area contributed by atoms with Gasteiger partial charge in [0.25, 0.3) is 5.69 Å². The number of methoxy groups -OCH3 is 1. The molecule has 9 nitrogen and oxygen atoms in total. The largest absolute Gasteiger partial charge is 0.481 e. The molecular formula is C20H18N2O7. The van der Waals surface area contributed by atoms with E-state index in [1.807, 2.05) is 0 Å². The molecule has 1 fully saturated rings. The minimum absolute atomic E-state index is 0.0307. The summed E-state index contributed by atoms with van der Waals surface area (Å²) in [7, 11) is 1.24. The highest BCUT2D eigenvalue weighted by atomic mass is 16.6. The van der Waals surface area contributed by atoms with Crippen LogP contribution in [-0.2, 0) is 14.3 Å². The van der Waals surface area contributed by atoms with Gasteiger partial charge in [0, 0.05) is 24.2 Å². The van der Waals surface area contributed by atoms with Crippen molar-refractivity contribution in [3.05, 3.63) is 69.8 Å². The number of carbonyl (C=O) groups excluding carboxylic acids is 2. The highest BCUT2D eigenvalue weighted by molar-refractivity contribution is 5.98. The molecule has 3 rings (SSSR count). The van der Waals surface area contributed by atoms with Gasteiger partial charge in [0.15, 0.2) is 0 Å². The zero-order valence-corrected chi connectivity index (χ0v) is 15.5. The average Bonchev–Trinajstić information content (AvgIpc) is 2.72. The van der Waals surface area contributed by atoms with Crippen LogP contribution in [0.4, 0.5) is 11.4 Å². The maximum Gasteiger partial charge on any atom is 0.337 e. The Hall–Kier alpha value is -3.75. The maximum atomic E-state index is 12.8. The van der Waals surface area contributed by atoms with Gasteiger partial charge in [0.1, 0.15) is 0 Å². The standard InChI is InChI=1S/C20H18N2O7/c1-29-20(26)13-3-2-4-15(11-13)21-17(23)10-9-16(19(24)25)18(21)12-5-7-14(8-6-12)22(27)28/h2-8,11,16,18H,9-10H2,1H3,(H,24,25). The summed E-state index contributed by atoms with van der Waals surface area (Å²) in [5, 5.41) is 20.7. The van der Waals surface area contributed by atoms with E-state index in [0.717, 1.165) is 0 Å². The van der Waals surface area contributed by atoms with E-state index in [4.69, 9.17) is 4.74 Å². The van der Waals surface area contributed by atoms with E-state index < -0.39 is 28.8 Å². The summed E-state index contributed by atoms with van der Waals surface area (Å²) in [5.74, 6) is -2.86. The molecule has 150 valence electrons. The summed E-state index contributed by atoms with van der Waals surface area (Å²) in [4.78, 5) is 48.3. The number of hydrogen-bond acceptors (Lipinski definition) is 6. The van der Waals surface area contributed by atoms with Crippen molar-refractivity contribution >= 4 is 29.2 Å². The molecule has 1 N–H and O–H groups in total. The van der Waals surface area contributed by atoms with Gasteiger partial charge >= 0.3 is 11.9 Å². The van der Waals surface area contributed by atoms with Crippen LogP contribution in [0.1, 0.15) is 34.8 Å². The van der Waals surface area contributed by atoms with Crippen LogP contribution in [0.5, 0.6) is 0 Å². The van der Waals surface area contributed by atoms with Crippen molar-refractivity contribution in [1.82, 2.24) is 0 Å². The first-order valence-electron chi connectivity index (χ1n) is 8.81. The van der Waals surface area contributed by atoms with Crippen molar-refractivity contribution < 1.29 is 29.2 Å². The van der Waals surface area contributed by atoms with Crippen LogP contribution in [0.25, 0.3) is 0 Å². The summed E-state index contributed by atoms with van der Waals surface area (Å²) in [5.41, 5.74) is 0.895. The van der Waals surface area contributed by atoms with Crippen molar-refractivity contribution in [2.24, 2.45) is 5.92 Å². The van der Waals surface area contributed by atoms with Crippen LogP contribution in [0, 0.1) is 16.0 Å². The second kappa shape index (κ2) is 8.09. The molecule has 29 heavy (non-hydrogen) atoms. The third-order valence-corrected chi connectivity index (χ3v) is 4.91. The van der Waals surface area contributed by atoms with Gasteiger partial charge in [-0.1, -0.05) is 18.2 Å². The lowest BCUT2D eigenvalue weighted by Crippen LogP contribution is -2.45. The summed E-state index contributed by atoms with van der Waals surface area (Å²) in [6.45, 7) is 0. The molecule has 9 heteroatoms. The van der Waals surface area contributed by atoms with Crippen LogP contribution in [0.2, 0.25) is 0 Å². The number of anilines is 1. The molecule has 1 aliphatic rings. The van der Waals surface area contributed by atoms with E-state index in [1.165, 1.54) is 48.4 Å².